The van der Waals surface area contributed by atoms with Crippen LogP contribution in [0.3, 0.4) is 0 Å². The van der Waals surface area contributed by atoms with Crippen LogP contribution in [0.25, 0.3) is 0 Å². The molecule has 1 saturated heterocycles. The molecule has 0 bridgehead atoms. The van der Waals surface area contributed by atoms with Crippen LogP contribution in [0.5, 0.6) is 0 Å². The van der Waals surface area contributed by atoms with Crippen molar-refractivity contribution in [3.8, 4) is 0 Å². The summed E-state index contributed by atoms with van der Waals surface area (Å²) in [6.45, 7) is 1.21. The van der Waals surface area contributed by atoms with Gasteiger partial charge in [0.05, 0.1) is 18.4 Å². The molecule has 0 aromatic rings. The minimum Gasteiger partial charge on any atom is -0.481 e. The van der Waals surface area contributed by atoms with Crippen molar-refractivity contribution in [2.45, 2.75) is 121 Å². The molecule has 4 saturated carbocycles. The van der Waals surface area contributed by atoms with Gasteiger partial charge in [0.15, 0.2) is 0 Å². The van der Waals surface area contributed by atoms with Crippen molar-refractivity contribution in [2.75, 3.05) is 19.7 Å². The molecule has 4 aliphatic carbocycles. The van der Waals surface area contributed by atoms with Crippen molar-refractivity contribution < 1.29 is 29.4 Å². The number of hydroxylamine groups is 1. The molecule has 0 aromatic carbocycles. The third-order valence-electron chi connectivity index (χ3n) is 11.4. The van der Waals surface area contributed by atoms with Crippen molar-refractivity contribution >= 4 is 17.8 Å². The van der Waals surface area contributed by atoms with Crippen LogP contribution < -0.4 is 5.48 Å². The Kier molecular flexibility index (Phi) is 10.1. The van der Waals surface area contributed by atoms with Crippen LogP contribution in [0.4, 0.5) is 0 Å². The maximum absolute atomic E-state index is 13.1. The van der Waals surface area contributed by atoms with Crippen molar-refractivity contribution in [3.05, 3.63) is 0 Å². The topological polar surface area (TPSA) is 116 Å². The summed E-state index contributed by atoms with van der Waals surface area (Å²) < 4.78 is 0. The Morgan fingerprint density at radius 2 is 1.43 bits per heavy atom. The summed E-state index contributed by atoms with van der Waals surface area (Å²) in [7, 11) is 0. The fourth-order valence-electron chi connectivity index (χ4n) is 9.28. The number of carboxylic acids is 2. The number of hydrogen-bond donors (Lipinski definition) is 3. The molecule has 1 heterocycles. The van der Waals surface area contributed by atoms with Gasteiger partial charge in [-0.3, -0.25) is 14.4 Å². The van der Waals surface area contributed by atoms with Gasteiger partial charge in [-0.25, -0.2) is 5.48 Å². The van der Waals surface area contributed by atoms with Gasteiger partial charge in [-0.05, 0) is 81.0 Å². The average Bonchev–Trinajstić information content (AvgIpc) is 3.49. The first-order chi connectivity index (χ1) is 19.4. The zero-order valence-corrected chi connectivity index (χ0v) is 24.4. The Labute approximate surface area is 239 Å². The molecule has 0 radical (unpaired) electrons. The summed E-state index contributed by atoms with van der Waals surface area (Å²) in [6, 6.07) is 0. The lowest BCUT2D eigenvalue weighted by Crippen LogP contribution is -2.42. The molecular formula is C32H52N2O6. The molecule has 1 amide bonds. The molecular weight excluding hydrogens is 508 g/mol. The maximum atomic E-state index is 13.1. The fourth-order valence-corrected chi connectivity index (χ4v) is 9.28. The second-order valence-corrected chi connectivity index (χ2v) is 14.0. The first kappa shape index (κ1) is 29.8. The van der Waals surface area contributed by atoms with Crippen LogP contribution in [0.2, 0.25) is 0 Å². The van der Waals surface area contributed by atoms with Gasteiger partial charge < -0.3 is 20.0 Å². The predicted octanol–water partition coefficient (Wildman–Crippen LogP) is 5.65. The third-order valence-corrected chi connectivity index (χ3v) is 11.4. The summed E-state index contributed by atoms with van der Waals surface area (Å²) in [5.74, 6) is -0.0296. The largest absolute Gasteiger partial charge is 0.481 e. The van der Waals surface area contributed by atoms with E-state index in [2.05, 4.69) is 5.48 Å². The van der Waals surface area contributed by atoms with E-state index in [0.717, 1.165) is 43.9 Å². The Bertz CT molecular complexity index is 885. The van der Waals surface area contributed by atoms with Gasteiger partial charge >= 0.3 is 11.9 Å². The normalized spacial score (nSPS) is 35.6. The van der Waals surface area contributed by atoms with Crippen LogP contribution in [-0.4, -0.2) is 58.2 Å². The Morgan fingerprint density at radius 1 is 0.800 bits per heavy atom. The minimum atomic E-state index is -0.851. The molecule has 6 atom stereocenters. The number of rotatable bonds is 12. The highest BCUT2D eigenvalue weighted by Crippen LogP contribution is 2.53. The number of carbonyl (C=O) groups is 3. The van der Waals surface area contributed by atoms with Crippen LogP contribution in [-0.2, 0) is 19.2 Å². The lowest BCUT2D eigenvalue weighted by molar-refractivity contribution is -0.148. The molecule has 226 valence electrons. The molecule has 40 heavy (non-hydrogen) atoms. The highest BCUT2D eigenvalue weighted by atomic mass is 16.6. The quantitative estimate of drug-likeness (QED) is 0.161. The zero-order chi connectivity index (χ0) is 28.1. The van der Waals surface area contributed by atoms with E-state index in [4.69, 9.17) is 4.84 Å². The number of hydrogen-bond acceptors (Lipinski definition) is 5. The van der Waals surface area contributed by atoms with Crippen molar-refractivity contribution in [1.29, 1.82) is 0 Å². The van der Waals surface area contributed by atoms with E-state index in [0.29, 0.717) is 44.4 Å². The Hall–Kier alpha value is -1.67. The number of aliphatic carboxylic acids is 2. The van der Waals surface area contributed by atoms with Crippen LogP contribution in [0, 0.1) is 41.4 Å². The third kappa shape index (κ3) is 6.86. The second kappa shape index (κ2) is 13.5. The molecule has 5 rings (SSSR count). The number of nitrogens with zero attached hydrogens (tertiary/aromatic N) is 1. The first-order valence-corrected chi connectivity index (χ1v) is 16.5. The van der Waals surface area contributed by atoms with Crippen LogP contribution in [0.15, 0.2) is 0 Å². The fraction of sp³-hybridized carbons (Fsp3) is 0.906. The molecule has 1 aliphatic heterocycles. The van der Waals surface area contributed by atoms with E-state index in [1.165, 1.54) is 70.6 Å². The van der Waals surface area contributed by atoms with Crippen LogP contribution in [0.1, 0.15) is 116 Å². The first-order valence-electron chi connectivity index (χ1n) is 16.5. The summed E-state index contributed by atoms with van der Waals surface area (Å²) in [5.41, 5.74) is 2.15. The zero-order valence-electron chi connectivity index (χ0n) is 24.4. The molecule has 8 nitrogen and oxygen atoms in total. The Balaban J connectivity index is 1.08. The molecule has 3 N–H and O–H groups in total. The summed E-state index contributed by atoms with van der Waals surface area (Å²) in [5, 5.41) is 19.7. The maximum Gasteiger partial charge on any atom is 0.309 e. The van der Waals surface area contributed by atoms with Gasteiger partial charge in [-0.2, -0.15) is 0 Å². The number of nitrogens with one attached hydrogen (secondary N) is 1. The van der Waals surface area contributed by atoms with Gasteiger partial charge in [-0.15, -0.1) is 0 Å². The summed E-state index contributed by atoms with van der Waals surface area (Å²) >= 11 is 0. The smallest absolute Gasteiger partial charge is 0.309 e. The summed E-state index contributed by atoms with van der Waals surface area (Å²) in [4.78, 5) is 44.7. The molecule has 6 unspecified atom stereocenters. The standard InChI is InChI=1S/C32H52N2O6/c35-29(36)27-13-11-24(17-22-7-3-1-4-8-22)19-26(27)21-40-33-15-16-34-31(39)32(34)20-25(12-14-28(32)30(37)38)18-23-9-5-2-6-10-23/h22-28,33H,1-21H2,(H,35,36)(H,37,38). The van der Waals surface area contributed by atoms with E-state index in [1.807, 2.05) is 0 Å². The second-order valence-electron chi connectivity index (χ2n) is 14.0. The number of carboxylic acid groups (broad SMARTS) is 2. The van der Waals surface area contributed by atoms with E-state index < -0.39 is 23.4 Å². The van der Waals surface area contributed by atoms with Gasteiger partial charge in [0.2, 0.25) is 5.91 Å². The SMILES string of the molecule is O=C(O)C1CCC(CC2CCCCC2)CC1CONCCN1C(=O)C12CC(CC1CCCCC1)CCC2C(=O)O. The lowest BCUT2D eigenvalue weighted by Gasteiger charge is -2.36. The molecule has 5 fully saturated rings. The summed E-state index contributed by atoms with van der Waals surface area (Å²) in [6.07, 6.45) is 20.3. The van der Waals surface area contributed by atoms with E-state index in [1.54, 1.807) is 4.90 Å². The van der Waals surface area contributed by atoms with Crippen LogP contribution >= 0.6 is 0 Å². The number of carbonyl (C=O) groups excluding carboxylic acids is 1. The molecule has 8 heteroatoms. The molecule has 0 aromatic heterocycles. The minimum absolute atomic E-state index is 0.00294. The van der Waals surface area contributed by atoms with Crippen molar-refractivity contribution in [3.63, 3.8) is 0 Å². The Morgan fingerprint density at radius 3 is 2.05 bits per heavy atom. The van der Waals surface area contributed by atoms with Crippen molar-refractivity contribution in [2.24, 2.45) is 41.4 Å². The highest BCUT2D eigenvalue weighted by molar-refractivity contribution is 6.06. The van der Waals surface area contributed by atoms with Gasteiger partial charge in [0.25, 0.3) is 0 Å². The van der Waals surface area contributed by atoms with E-state index in [9.17, 15) is 24.6 Å². The predicted molar refractivity (Wildman–Crippen MR) is 151 cm³/mol. The number of amides is 1. The van der Waals surface area contributed by atoms with Crippen molar-refractivity contribution in [1.82, 2.24) is 10.4 Å². The molecule has 1 spiro atoms. The van der Waals surface area contributed by atoms with Gasteiger partial charge in [-0.1, -0.05) is 64.2 Å². The van der Waals surface area contributed by atoms with Gasteiger partial charge in [0.1, 0.15) is 5.54 Å². The lowest BCUT2D eigenvalue weighted by atomic mass is 9.69. The van der Waals surface area contributed by atoms with E-state index >= 15 is 0 Å². The molecule has 5 aliphatic rings. The average molecular weight is 561 g/mol. The monoisotopic (exact) mass is 560 g/mol. The van der Waals surface area contributed by atoms with Gasteiger partial charge in [0, 0.05) is 13.1 Å². The highest BCUT2D eigenvalue weighted by Gasteiger charge is 2.69. The van der Waals surface area contributed by atoms with E-state index in [-0.39, 0.29) is 17.7 Å².